The summed E-state index contributed by atoms with van der Waals surface area (Å²) in [4.78, 5) is 10.6. The first-order chi connectivity index (χ1) is 8.61. The molecule has 1 aromatic carbocycles. The van der Waals surface area contributed by atoms with Crippen molar-refractivity contribution in [1.82, 2.24) is 14.8 Å². The summed E-state index contributed by atoms with van der Waals surface area (Å²) >= 11 is 5.79. The molecule has 94 valence electrons. The van der Waals surface area contributed by atoms with Crippen molar-refractivity contribution in [2.75, 3.05) is 0 Å². The molecule has 1 aromatic heterocycles. The van der Waals surface area contributed by atoms with Gasteiger partial charge in [-0.15, -0.1) is 21.8 Å². The van der Waals surface area contributed by atoms with Crippen molar-refractivity contribution < 1.29 is 9.90 Å². The molecule has 0 radical (unpaired) electrons. The Morgan fingerprint density at radius 3 is 2.56 bits per heavy atom. The monoisotopic (exact) mass is 265 g/mol. The molecule has 0 atom stereocenters. The van der Waals surface area contributed by atoms with Gasteiger partial charge in [0.15, 0.2) is 5.82 Å². The van der Waals surface area contributed by atoms with E-state index in [9.17, 15) is 4.79 Å². The molecule has 1 N–H and O–H groups in total. The normalized spacial score (nSPS) is 10.6. The highest BCUT2D eigenvalue weighted by atomic mass is 35.5. The van der Waals surface area contributed by atoms with Gasteiger partial charge in [-0.1, -0.05) is 12.1 Å². The molecule has 2 aromatic rings. The first-order valence-electron chi connectivity index (χ1n) is 5.40. The van der Waals surface area contributed by atoms with Crippen LogP contribution in [0.5, 0.6) is 0 Å². The molecule has 0 unspecified atom stereocenters. The van der Waals surface area contributed by atoms with Gasteiger partial charge in [0.05, 0.1) is 12.3 Å². The number of aliphatic carboxylic acids is 1. The summed E-state index contributed by atoms with van der Waals surface area (Å²) in [5.74, 6) is 0.846. The topological polar surface area (TPSA) is 68.0 Å². The molecule has 0 saturated carbocycles. The lowest BCUT2D eigenvalue weighted by atomic mass is 10.1. The molecule has 0 spiro atoms. The zero-order chi connectivity index (χ0) is 13.1. The van der Waals surface area contributed by atoms with E-state index in [1.165, 1.54) is 0 Å². The zero-order valence-corrected chi connectivity index (χ0v) is 10.6. The third-order valence-electron chi connectivity index (χ3n) is 2.56. The Labute approximate surface area is 109 Å². The SMILES string of the molecule is Cc1nnc(CCl)n1-c1ccc(CC(=O)O)cc1. The van der Waals surface area contributed by atoms with Crippen LogP contribution in [0.2, 0.25) is 0 Å². The smallest absolute Gasteiger partial charge is 0.307 e. The molecule has 1 heterocycles. The molecule has 0 aliphatic heterocycles. The lowest BCUT2D eigenvalue weighted by Gasteiger charge is -2.07. The number of alkyl halides is 1. The average Bonchev–Trinajstić information content (AvgIpc) is 2.71. The second-order valence-corrected chi connectivity index (χ2v) is 4.14. The van der Waals surface area contributed by atoms with E-state index in [-0.39, 0.29) is 12.3 Å². The molecular weight excluding hydrogens is 254 g/mol. The molecule has 2 rings (SSSR count). The fourth-order valence-corrected chi connectivity index (χ4v) is 1.94. The molecule has 6 heteroatoms. The number of halogens is 1. The van der Waals surface area contributed by atoms with Gasteiger partial charge >= 0.3 is 5.97 Å². The predicted octanol–water partition coefficient (Wildman–Crippen LogP) is 1.94. The highest BCUT2D eigenvalue weighted by Crippen LogP contribution is 2.15. The molecular formula is C12H12ClN3O2. The fraction of sp³-hybridized carbons (Fsp3) is 0.250. The summed E-state index contributed by atoms with van der Waals surface area (Å²) in [6, 6.07) is 7.23. The van der Waals surface area contributed by atoms with E-state index in [0.29, 0.717) is 5.82 Å². The van der Waals surface area contributed by atoms with Crippen molar-refractivity contribution in [3.05, 3.63) is 41.5 Å². The number of aromatic nitrogens is 3. The van der Waals surface area contributed by atoms with Crippen LogP contribution in [0.15, 0.2) is 24.3 Å². The molecule has 0 aliphatic rings. The Hall–Kier alpha value is -1.88. The van der Waals surface area contributed by atoms with Gasteiger partial charge in [-0.05, 0) is 24.6 Å². The average molecular weight is 266 g/mol. The van der Waals surface area contributed by atoms with Crippen LogP contribution in [-0.4, -0.2) is 25.8 Å². The van der Waals surface area contributed by atoms with Crippen LogP contribution in [0.1, 0.15) is 17.2 Å². The van der Waals surface area contributed by atoms with Gasteiger partial charge in [-0.2, -0.15) is 0 Å². The lowest BCUT2D eigenvalue weighted by Crippen LogP contribution is -2.03. The van der Waals surface area contributed by atoms with E-state index >= 15 is 0 Å². The van der Waals surface area contributed by atoms with Crippen molar-refractivity contribution in [1.29, 1.82) is 0 Å². The van der Waals surface area contributed by atoms with Crippen LogP contribution in [0.3, 0.4) is 0 Å². The lowest BCUT2D eigenvalue weighted by molar-refractivity contribution is -0.136. The minimum Gasteiger partial charge on any atom is -0.481 e. The van der Waals surface area contributed by atoms with Crippen LogP contribution in [-0.2, 0) is 17.1 Å². The van der Waals surface area contributed by atoms with Crippen LogP contribution in [0, 0.1) is 6.92 Å². The number of carboxylic acid groups (broad SMARTS) is 1. The van der Waals surface area contributed by atoms with Crippen LogP contribution in [0.4, 0.5) is 0 Å². The standard InChI is InChI=1S/C12H12ClN3O2/c1-8-14-15-11(7-13)16(8)10-4-2-9(3-5-10)6-12(17)18/h2-5H,6-7H2,1H3,(H,17,18). The number of aryl methyl sites for hydroxylation is 1. The first-order valence-corrected chi connectivity index (χ1v) is 5.93. The Morgan fingerprint density at radius 2 is 2.00 bits per heavy atom. The predicted molar refractivity (Wildman–Crippen MR) is 67.0 cm³/mol. The highest BCUT2D eigenvalue weighted by molar-refractivity contribution is 6.16. The molecule has 0 aliphatic carbocycles. The first kappa shape index (κ1) is 12.6. The van der Waals surface area contributed by atoms with Crippen molar-refractivity contribution in [3.8, 4) is 5.69 Å². The van der Waals surface area contributed by atoms with Crippen molar-refractivity contribution in [3.63, 3.8) is 0 Å². The summed E-state index contributed by atoms with van der Waals surface area (Å²) in [5.41, 5.74) is 1.63. The molecule has 5 nitrogen and oxygen atoms in total. The number of hydrogen-bond donors (Lipinski definition) is 1. The van der Waals surface area contributed by atoms with Gasteiger partial charge in [0.25, 0.3) is 0 Å². The summed E-state index contributed by atoms with van der Waals surface area (Å²) in [6.07, 6.45) is 0.0177. The van der Waals surface area contributed by atoms with Crippen molar-refractivity contribution in [2.45, 2.75) is 19.2 Å². The quantitative estimate of drug-likeness (QED) is 0.858. The largest absolute Gasteiger partial charge is 0.481 e. The van der Waals surface area contributed by atoms with Gasteiger partial charge in [-0.25, -0.2) is 0 Å². The van der Waals surface area contributed by atoms with Crippen LogP contribution in [0.25, 0.3) is 5.69 Å². The Morgan fingerprint density at radius 1 is 1.33 bits per heavy atom. The van der Waals surface area contributed by atoms with Gasteiger partial charge < -0.3 is 5.11 Å². The highest BCUT2D eigenvalue weighted by Gasteiger charge is 2.09. The minimum atomic E-state index is -0.843. The maximum absolute atomic E-state index is 10.6. The van der Waals surface area contributed by atoms with Gasteiger partial charge in [0.1, 0.15) is 5.82 Å². The maximum Gasteiger partial charge on any atom is 0.307 e. The van der Waals surface area contributed by atoms with E-state index in [4.69, 9.17) is 16.7 Å². The summed E-state index contributed by atoms with van der Waals surface area (Å²) in [6.45, 7) is 1.84. The maximum atomic E-state index is 10.6. The van der Waals surface area contributed by atoms with Crippen LogP contribution < -0.4 is 0 Å². The number of benzene rings is 1. The third kappa shape index (κ3) is 2.51. The Kier molecular flexibility index (Phi) is 3.62. The second-order valence-electron chi connectivity index (χ2n) is 3.87. The molecule has 0 fully saturated rings. The number of carboxylic acids is 1. The zero-order valence-electron chi connectivity index (χ0n) is 9.80. The van der Waals surface area contributed by atoms with E-state index in [2.05, 4.69) is 10.2 Å². The van der Waals surface area contributed by atoms with Crippen LogP contribution >= 0.6 is 11.6 Å². The molecule has 18 heavy (non-hydrogen) atoms. The second kappa shape index (κ2) is 5.18. The van der Waals surface area contributed by atoms with Gasteiger partial charge in [0, 0.05) is 5.69 Å². The van der Waals surface area contributed by atoms with E-state index in [0.717, 1.165) is 17.1 Å². The molecule has 0 bridgehead atoms. The minimum absolute atomic E-state index is 0.0177. The third-order valence-corrected chi connectivity index (χ3v) is 2.80. The van der Waals surface area contributed by atoms with Gasteiger partial charge in [-0.3, -0.25) is 9.36 Å². The van der Waals surface area contributed by atoms with E-state index < -0.39 is 5.97 Å². The van der Waals surface area contributed by atoms with E-state index in [1.54, 1.807) is 12.1 Å². The van der Waals surface area contributed by atoms with Crippen molar-refractivity contribution in [2.24, 2.45) is 0 Å². The number of rotatable bonds is 4. The molecule has 0 amide bonds. The molecule has 0 saturated heterocycles. The number of carbonyl (C=O) groups is 1. The Bertz CT molecular complexity index is 563. The number of hydrogen-bond acceptors (Lipinski definition) is 3. The van der Waals surface area contributed by atoms with Crippen molar-refractivity contribution >= 4 is 17.6 Å². The van der Waals surface area contributed by atoms with Gasteiger partial charge in [0.2, 0.25) is 0 Å². The summed E-state index contributed by atoms with van der Waals surface area (Å²) in [5, 5.41) is 16.6. The summed E-state index contributed by atoms with van der Waals surface area (Å²) in [7, 11) is 0. The summed E-state index contributed by atoms with van der Waals surface area (Å²) < 4.78 is 1.84. The Balaban J connectivity index is 2.34. The number of nitrogens with zero attached hydrogens (tertiary/aromatic N) is 3. The van der Waals surface area contributed by atoms with E-state index in [1.807, 2.05) is 23.6 Å². The fourth-order valence-electron chi connectivity index (χ4n) is 1.77.